The van der Waals surface area contributed by atoms with Gasteiger partial charge in [-0.15, -0.1) is 0 Å². The van der Waals surface area contributed by atoms with Crippen LogP contribution in [0.3, 0.4) is 0 Å². The summed E-state index contributed by atoms with van der Waals surface area (Å²) < 4.78 is 2.03. The number of nitrogens with zero attached hydrogens (tertiary/aromatic N) is 5. The SMILES string of the molecule is CC(=O)c1cnc(C(=O)N[C@H]2CCN(c3nccn4cccc34)C2)nc1. The Kier molecular flexibility index (Phi) is 4.08. The van der Waals surface area contributed by atoms with Gasteiger partial charge in [0, 0.05) is 50.1 Å². The standard InChI is InChI=1S/C18H18N6O2/c1-12(25)13-9-20-16(21-10-13)18(26)22-14-4-7-24(11-14)17-15-3-2-6-23(15)8-5-19-17/h2-3,5-6,8-10,14H,4,7,11H2,1H3,(H,22,26)/t14-/m0/s1. The Morgan fingerprint density at radius 3 is 2.77 bits per heavy atom. The van der Waals surface area contributed by atoms with E-state index in [-0.39, 0.29) is 23.6 Å². The van der Waals surface area contributed by atoms with Crippen molar-refractivity contribution in [2.45, 2.75) is 19.4 Å². The predicted octanol–water partition coefficient (Wildman–Crippen LogP) is 1.34. The fraction of sp³-hybridized carbons (Fsp3) is 0.278. The minimum atomic E-state index is -0.333. The molecule has 0 radical (unpaired) electrons. The molecule has 8 heteroatoms. The topological polar surface area (TPSA) is 92.5 Å². The molecule has 132 valence electrons. The number of aromatic nitrogens is 4. The average molecular weight is 350 g/mol. The first-order chi connectivity index (χ1) is 12.6. The van der Waals surface area contributed by atoms with Crippen molar-refractivity contribution in [1.82, 2.24) is 24.7 Å². The van der Waals surface area contributed by atoms with Crippen LogP contribution in [0.2, 0.25) is 0 Å². The van der Waals surface area contributed by atoms with Crippen molar-refractivity contribution >= 4 is 23.0 Å². The quantitative estimate of drug-likeness (QED) is 0.714. The van der Waals surface area contributed by atoms with Crippen LogP contribution in [0.15, 0.2) is 43.1 Å². The number of anilines is 1. The molecular weight excluding hydrogens is 332 g/mol. The molecule has 1 amide bonds. The van der Waals surface area contributed by atoms with E-state index in [4.69, 9.17) is 0 Å². The van der Waals surface area contributed by atoms with Crippen molar-refractivity contribution in [2.24, 2.45) is 0 Å². The van der Waals surface area contributed by atoms with E-state index < -0.39 is 0 Å². The van der Waals surface area contributed by atoms with Crippen LogP contribution in [0, 0.1) is 0 Å². The van der Waals surface area contributed by atoms with Gasteiger partial charge in [-0.05, 0) is 25.5 Å². The van der Waals surface area contributed by atoms with Gasteiger partial charge in [0.25, 0.3) is 5.91 Å². The lowest BCUT2D eigenvalue weighted by Crippen LogP contribution is -2.38. The van der Waals surface area contributed by atoms with Crippen LogP contribution >= 0.6 is 0 Å². The van der Waals surface area contributed by atoms with Crippen LogP contribution < -0.4 is 10.2 Å². The third kappa shape index (κ3) is 3.01. The van der Waals surface area contributed by atoms with Crippen LogP contribution in [-0.2, 0) is 0 Å². The van der Waals surface area contributed by atoms with E-state index in [0.717, 1.165) is 24.3 Å². The van der Waals surface area contributed by atoms with Crippen LogP contribution in [0.4, 0.5) is 5.82 Å². The highest BCUT2D eigenvalue weighted by atomic mass is 16.2. The van der Waals surface area contributed by atoms with Gasteiger partial charge in [0.1, 0.15) is 0 Å². The number of hydrogen-bond acceptors (Lipinski definition) is 6. The fourth-order valence-electron chi connectivity index (χ4n) is 3.15. The Bertz CT molecular complexity index is 965. The molecule has 3 aromatic heterocycles. The molecule has 1 N–H and O–H groups in total. The molecule has 1 atom stereocenters. The van der Waals surface area contributed by atoms with Gasteiger partial charge in [0.15, 0.2) is 11.6 Å². The molecule has 0 unspecified atom stereocenters. The van der Waals surface area contributed by atoms with Crippen LogP contribution in [-0.4, -0.2) is 50.2 Å². The smallest absolute Gasteiger partial charge is 0.289 e. The number of rotatable bonds is 4. The molecule has 26 heavy (non-hydrogen) atoms. The van der Waals surface area contributed by atoms with E-state index in [2.05, 4.69) is 25.2 Å². The number of amides is 1. The third-order valence-electron chi connectivity index (χ3n) is 4.52. The molecule has 1 fully saturated rings. The zero-order valence-corrected chi connectivity index (χ0v) is 14.3. The van der Waals surface area contributed by atoms with Crippen molar-refractivity contribution in [3.05, 3.63) is 54.5 Å². The third-order valence-corrected chi connectivity index (χ3v) is 4.52. The molecule has 0 aromatic carbocycles. The van der Waals surface area contributed by atoms with Gasteiger partial charge in [0.2, 0.25) is 5.82 Å². The summed E-state index contributed by atoms with van der Waals surface area (Å²) >= 11 is 0. The molecule has 0 saturated carbocycles. The largest absolute Gasteiger partial charge is 0.353 e. The van der Waals surface area contributed by atoms with E-state index in [0.29, 0.717) is 12.1 Å². The zero-order valence-electron chi connectivity index (χ0n) is 14.3. The summed E-state index contributed by atoms with van der Waals surface area (Å²) in [5.74, 6) is 0.521. The maximum atomic E-state index is 12.3. The van der Waals surface area contributed by atoms with Gasteiger partial charge in [-0.2, -0.15) is 0 Å². The molecular formula is C18H18N6O2. The van der Waals surface area contributed by atoms with Gasteiger partial charge in [-0.25, -0.2) is 15.0 Å². The van der Waals surface area contributed by atoms with E-state index >= 15 is 0 Å². The van der Waals surface area contributed by atoms with Crippen molar-refractivity contribution in [3.63, 3.8) is 0 Å². The first-order valence-electron chi connectivity index (χ1n) is 8.42. The van der Waals surface area contributed by atoms with E-state index in [1.54, 1.807) is 6.20 Å². The van der Waals surface area contributed by atoms with Gasteiger partial charge < -0.3 is 14.6 Å². The molecule has 0 aliphatic carbocycles. The zero-order chi connectivity index (χ0) is 18.1. The highest BCUT2D eigenvalue weighted by Gasteiger charge is 2.27. The molecule has 4 rings (SSSR count). The Balaban J connectivity index is 1.43. The minimum absolute atomic E-state index is 0.00407. The lowest BCUT2D eigenvalue weighted by atomic mass is 10.2. The van der Waals surface area contributed by atoms with Crippen LogP contribution in [0.5, 0.6) is 0 Å². The monoisotopic (exact) mass is 350 g/mol. The lowest BCUT2D eigenvalue weighted by molar-refractivity contribution is 0.0927. The molecule has 1 saturated heterocycles. The van der Waals surface area contributed by atoms with Crippen LogP contribution in [0.1, 0.15) is 34.3 Å². The van der Waals surface area contributed by atoms with Gasteiger partial charge in [-0.1, -0.05) is 0 Å². The second-order valence-corrected chi connectivity index (χ2v) is 6.31. The second kappa shape index (κ2) is 6.55. The van der Waals surface area contributed by atoms with E-state index in [9.17, 15) is 9.59 Å². The van der Waals surface area contributed by atoms with Crippen molar-refractivity contribution in [3.8, 4) is 0 Å². The summed E-state index contributed by atoms with van der Waals surface area (Å²) in [4.78, 5) is 38.2. The number of fused-ring (bicyclic) bond motifs is 1. The Labute approximate surface area is 149 Å². The average Bonchev–Trinajstić information content (AvgIpc) is 3.30. The molecule has 4 heterocycles. The molecule has 1 aliphatic heterocycles. The summed E-state index contributed by atoms with van der Waals surface area (Å²) in [5, 5.41) is 2.96. The Morgan fingerprint density at radius 2 is 2.00 bits per heavy atom. The maximum absolute atomic E-state index is 12.3. The van der Waals surface area contributed by atoms with Crippen molar-refractivity contribution < 1.29 is 9.59 Å². The second-order valence-electron chi connectivity index (χ2n) is 6.31. The molecule has 3 aromatic rings. The highest BCUT2D eigenvalue weighted by molar-refractivity contribution is 5.94. The number of carbonyl (C=O) groups is 2. The summed E-state index contributed by atoms with van der Waals surface area (Å²) in [7, 11) is 0. The van der Waals surface area contributed by atoms with Gasteiger partial charge >= 0.3 is 0 Å². The molecule has 8 nitrogen and oxygen atoms in total. The number of ketones is 1. The van der Waals surface area contributed by atoms with Crippen molar-refractivity contribution in [1.29, 1.82) is 0 Å². The van der Waals surface area contributed by atoms with E-state index in [1.807, 2.05) is 28.9 Å². The summed E-state index contributed by atoms with van der Waals surface area (Å²) in [6.07, 6.45) is 9.25. The lowest BCUT2D eigenvalue weighted by Gasteiger charge is -2.18. The van der Waals surface area contributed by atoms with Gasteiger partial charge in [0.05, 0.1) is 11.1 Å². The Morgan fingerprint density at radius 1 is 1.19 bits per heavy atom. The molecule has 0 spiro atoms. The first kappa shape index (κ1) is 16.2. The summed E-state index contributed by atoms with van der Waals surface area (Å²) in [6.45, 7) is 2.92. The number of nitrogens with one attached hydrogen (secondary N) is 1. The summed E-state index contributed by atoms with van der Waals surface area (Å²) in [5.41, 5.74) is 1.43. The number of hydrogen-bond donors (Lipinski definition) is 1. The first-order valence-corrected chi connectivity index (χ1v) is 8.42. The van der Waals surface area contributed by atoms with Crippen LogP contribution in [0.25, 0.3) is 5.52 Å². The number of carbonyl (C=O) groups excluding carboxylic acids is 2. The molecule has 0 bridgehead atoms. The van der Waals surface area contributed by atoms with E-state index in [1.165, 1.54) is 19.3 Å². The number of Topliss-reactive ketones (excluding diaryl/α,β-unsaturated/α-hetero) is 1. The van der Waals surface area contributed by atoms with Crippen molar-refractivity contribution in [2.75, 3.05) is 18.0 Å². The summed E-state index contributed by atoms with van der Waals surface area (Å²) in [6, 6.07) is 4.01. The predicted molar refractivity (Wildman–Crippen MR) is 95.3 cm³/mol. The van der Waals surface area contributed by atoms with Gasteiger partial charge in [-0.3, -0.25) is 9.59 Å². The fourth-order valence-corrected chi connectivity index (χ4v) is 3.15. The molecule has 1 aliphatic rings. The highest BCUT2D eigenvalue weighted by Crippen LogP contribution is 2.23. The normalized spacial score (nSPS) is 16.8. The minimum Gasteiger partial charge on any atom is -0.353 e. The Hall–Kier alpha value is -3.29. The maximum Gasteiger partial charge on any atom is 0.289 e.